The number of hydrogen-bond acceptors (Lipinski definition) is 2. The summed E-state index contributed by atoms with van der Waals surface area (Å²) in [7, 11) is 0. The van der Waals surface area contributed by atoms with E-state index in [9.17, 15) is 2.74 Å². The maximum atomic E-state index is 9.33. The lowest BCUT2D eigenvalue weighted by Gasteiger charge is -2.27. The Morgan fingerprint density at radius 2 is 1.22 bits per heavy atom. The van der Waals surface area contributed by atoms with Crippen molar-refractivity contribution in [2.75, 3.05) is 0 Å². The molecular formula is C67H62N4O. The van der Waals surface area contributed by atoms with Crippen molar-refractivity contribution in [3.8, 4) is 62.1 Å². The summed E-state index contributed by atoms with van der Waals surface area (Å²) in [6.07, 6.45) is 6.60. The molecule has 8 aromatic carbocycles. The van der Waals surface area contributed by atoms with Crippen molar-refractivity contribution in [3.05, 3.63) is 223 Å². The highest BCUT2D eigenvalue weighted by Gasteiger charge is 2.25. The van der Waals surface area contributed by atoms with Gasteiger partial charge in [-0.1, -0.05) is 196 Å². The lowest BCUT2D eigenvalue weighted by Crippen LogP contribution is -2.31. The van der Waals surface area contributed by atoms with Gasteiger partial charge in [-0.05, 0) is 127 Å². The SMILES string of the molecule is [2H]c1c([2H])c([2H])c(-c2cccc(-c3cc(C(C)(C)C)cc(C(C)(C)C)c3)c2-[n+]2[c-]n(-c3cccc(Oc4ccc5c6ccccc6n(-c6cc(CC(C)(C)C)ccn6)c5c4)c3)c3cc(-c4ccccc4)ccc32)c([2H])c1[2H]. The zero-order valence-corrected chi connectivity index (χ0v) is 42.6. The minimum atomic E-state index is -0.443. The van der Waals surface area contributed by atoms with Gasteiger partial charge < -0.3 is 4.74 Å². The van der Waals surface area contributed by atoms with Gasteiger partial charge in [-0.2, -0.15) is 0 Å². The van der Waals surface area contributed by atoms with Crippen LogP contribution in [0, 0.1) is 11.7 Å². The molecule has 0 N–H and O–H groups in total. The average Bonchev–Trinajstić information content (AvgIpc) is 3.95. The molecule has 0 saturated heterocycles. The molecule has 0 bridgehead atoms. The van der Waals surface area contributed by atoms with E-state index in [1.165, 1.54) is 5.56 Å². The second-order valence-electron chi connectivity index (χ2n) is 22.2. The first-order valence-electron chi connectivity index (χ1n) is 27.3. The Morgan fingerprint density at radius 1 is 0.542 bits per heavy atom. The molecule has 0 aliphatic rings. The molecule has 0 aliphatic heterocycles. The Kier molecular flexibility index (Phi) is 10.2. The van der Waals surface area contributed by atoms with Gasteiger partial charge in [0.05, 0.1) is 40.3 Å². The number of rotatable bonds is 9. The average molecular weight is 944 g/mol. The van der Waals surface area contributed by atoms with E-state index in [0.29, 0.717) is 22.7 Å². The lowest BCUT2D eigenvalue weighted by atomic mass is 9.78. The molecule has 0 aliphatic carbocycles. The van der Waals surface area contributed by atoms with Crippen molar-refractivity contribution in [2.45, 2.75) is 79.6 Å². The van der Waals surface area contributed by atoms with Crippen LogP contribution in [0.2, 0.25) is 0 Å². The Labute approximate surface area is 431 Å². The number of imidazole rings is 1. The highest BCUT2D eigenvalue weighted by molar-refractivity contribution is 6.09. The molecular weight excluding hydrogens is 877 g/mol. The Bertz CT molecular complexity index is 4050. The number of nitrogens with zero attached hydrogens (tertiary/aromatic N) is 4. The summed E-state index contributed by atoms with van der Waals surface area (Å²) >= 11 is 0. The topological polar surface area (TPSA) is 35.9 Å². The van der Waals surface area contributed by atoms with Crippen LogP contribution in [0.1, 0.15) is 85.9 Å². The molecule has 0 saturated carbocycles. The van der Waals surface area contributed by atoms with Crippen molar-refractivity contribution in [1.29, 1.82) is 0 Å². The number of pyridine rings is 1. The first-order chi connectivity index (χ1) is 36.6. The monoisotopic (exact) mass is 944 g/mol. The molecule has 11 rings (SSSR count). The van der Waals surface area contributed by atoms with Crippen LogP contribution < -0.4 is 9.30 Å². The second kappa shape index (κ2) is 18.0. The van der Waals surface area contributed by atoms with Crippen LogP contribution in [-0.2, 0) is 17.3 Å². The van der Waals surface area contributed by atoms with Gasteiger partial charge in [-0.25, -0.2) is 4.98 Å². The molecule has 72 heavy (non-hydrogen) atoms. The summed E-state index contributed by atoms with van der Waals surface area (Å²) < 4.78 is 58.0. The van der Waals surface area contributed by atoms with E-state index in [1.807, 2.05) is 76.0 Å². The quantitative estimate of drug-likeness (QED) is 0.107. The molecule has 11 aromatic rings. The van der Waals surface area contributed by atoms with E-state index in [4.69, 9.17) is 13.8 Å². The number of hydrogen-bond donors (Lipinski definition) is 0. The van der Waals surface area contributed by atoms with Gasteiger partial charge in [0.1, 0.15) is 17.3 Å². The van der Waals surface area contributed by atoms with Gasteiger partial charge in [-0.15, -0.1) is 0 Å². The molecule has 3 heterocycles. The summed E-state index contributed by atoms with van der Waals surface area (Å²) in [5.74, 6) is 2.13. The Morgan fingerprint density at radius 3 is 1.96 bits per heavy atom. The van der Waals surface area contributed by atoms with Crippen molar-refractivity contribution in [1.82, 2.24) is 14.1 Å². The van der Waals surface area contributed by atoms with Gasteiger partial charge in [0.25, 0.3) is 6.33 Å². The highest BCUT2D eigenvalue weighted by Crippen LogP contribution is 2.40. The van der Waals surface area contributed by atoms with Gasteiger partial charge in [0.2, 0.25) is 0 Å². The molecule has 0 spiro atoms. The Hall–Kier alpha value is -8.02. The summed E-state index contributed by atoms with van der Waals surface area (Å²) in [6.45, 7) is 20.0. The van der Waals surface area contributed by atoms with Gasteiger partial charge in [0, 0.05) is 23.0 Å². The molecule has 5 nitrogen and oxygen atoms in total. The van der Waals surface area contributed by atoms with Crippen molar-refractivity contribution in [3.63, 3.8) is 0 Å². The second-order valence-corrected chi connectivity index (χ2v) is 22.2. The van der Waals surface area contributed by atoms with Crippen LogP contribution >= 0.6 is 0 Å². The number of benzene rings is 8. The van der Waals surface area contributed by atoms with E-state index in [-0.39, 0.29) is 33.9 Å². The fraction of sp³-hybridized carbons (Fsp3) is 0.194. The van der Waals surface area contributed by atoms with E-state index < -0.39 is 18.1 Å². The molecule has 3 aromatic heterocycles. The van der Waals surface area contributed by atoms with E-state index >= 15 is 0 Å². The van der Waals surface area contributed by atoms with Crippen molar-refractivity contribution >= 4 is 32.8 Å². The molecule has 0 atom stereocenters. The largest absolute Gasteiger partial charge is 0.458 e. The predicted octanol–water partition coefficient (Wildman–Crippen LogP) is 17.2. The van der Waals surface area contributed by atoms with E-state index in [2.05, 4.69) is 176 Å². The van der Waals surface area contributed by atoms with Crippen molar-refractivity contribution < 1.29 is 16.2 Å². The minimum Gasteiger partial charge on any atom is -0.458 e. The maximum absolute atomic E-state index is 9.33. The third kappa shape index (κ3) is 9.01. The lowest BCUT2D eigenvalue weighted by molar-refractivity contribution is -0.571. The van der Waals surface area contributed by atoms with E-state index in [1.54, 1.807) is 0 Å². The molecule has 0 fully saturated rings. The van der Waals surface area contributed by atoms with Crippen LogP contribution in [-0.4, -0.2) is 14.1 Å². The number of ether oxygens (including phenoxy) is 1. The number of para-hydroxylation sites is 2. The first kappa shape index (κ1) is 40.7. The predicted molar refractivity (Wildman–Crippen MR) is 299 cm³/mol. The van der Waals surface area contributed by atoms with Crippen molar-refractivity contribution in [2.24, 2.45) is 5.41 Å². The summed E-state index contributed by atoms with van der Waals surface area (Å²) in [5, 5.41) is 2.23. The summed E-state index contributed by atoms with van der Waals surface area (Å²) in [4.78, 5) is 4.91. The van der Waals surface area contributed by atoms with E-state index in [0.717, 1.165) is 84.1 Å². The molecule has 5 heteroatoms. The Balaban J connectivity index is 1.12. The summed E-state index contributed by atoms with van der Waals surface area (Å²) in [5.41, 5.74) is 12.7. The molecule has 0 unspecified atom stereocenters. The van der Waals surface area contributed by atoms with Gasteiger partial charge in [0.15, 0.2) is 0 Å². The standard InChI is InChI=1S/C67H62N4O/c1-65(2,3)43-45-34-35-68-63(36-45)71-59-29-17-16-26-57(59)58-32-31-54(42-61(58)71)72-53-25-18-24-52(41-53)69-44-70(60-33-30-48(39-62(60)69)46-20-12-10-13-21-46)64-55(47-22-14-11-15-23-47)27-19-28-56(64)49-37-50(66(4,5)6)40-51(38-49)67(7,8)9/h10-42H,43H2,1-9H3/i11D,14D,15D,22D,23D. The first-order valence-corrected chi connectivity index (χ1v) is 24.8. The summed E-state index contributed by atoms with van der Waals surface area (Å²) in [6, 6.07) is 54.3. The maximum Gasteiger partial charge on any atom is 0.269 e. The normalized spacial score (nSPS) is 13.3. The van der Waals surface area contributed by atoms with Crippen LogP contribution in [0.3, 0.4) is 0 Å². The van der Waals surface area contributed by atoms with Crippen LogP contribution in [0.5, 0.6) is 11.5 Å². The highest BCUT2D eigenvalue weighted by atomic mass is 16.5. The fourth-order valence-electron chi connectivity index (χ4n) is 9.92. The molecule has 0 radical (unpaired) electrons. The molecule has 0 amide bonds. The van der Waals surface area contributed by atoms with Gasteiger partial charge >= 0.3 is 0 Å². The third-order valence-corrected chi connectivity index (χ3v) is 13.5. The van der Waals surface area contributed by atoms with Crippen LogP contribution in [0.25, 0.3) is 83.4 Å². The van der Waals surface area contributed by atoms with Crippen LogP contribution in [0.15, 0.2) is 200 Å². The zero-order chi connectivity index (χ0) is 54.3. The smallest absolute Gasteiger partial charge is 0.269 e. The minimum absolute atomic E-state index is 0.110. The van der Waals surface area contributed by atoms with Gasteiger partial charge in [-0.3, -0.25) is 13.7 Å². The third-order valence-electron chi connectivity index (χ3n) is 13.5. The zero-order valence-electron chi connectivity index (χ0n) is 47.6. The molecule has 356 valence electrons. The fourth-order valence-corrected chi connectivity index (χ4v) is 9.92. The number of aromatic nitrogens is 4. The number of fused-ring (bicyclic) bond motifs is 4. The van der Waals surface area contributed by atoms with Crippen LogP contribution in [0.4, 0.5) is 0 Å².